The topological polar surface area (TPSA) is 108 Å². The van der Waals surface area contributed by atoms with Crippen LogP contribution in [0.25, 0.3) is 0 Å². The van der Waals surface area contributed by atoms with Crippen LogP contribution in [-0.4, -0.2) is 66.1 Å². The second-order valence-corrected chi connectivity index (χ2v) is 8.29. The molecule has 1 aromatic carbocycles. The van der Waals surface area contributed by atoms with Crippen molar-refractivity contribution in [2.24, 2.45) is 0 Å². The highest BCUT2D eigenvalue weighted by Gasteiger charge is 2.18. The van der Waals surface area contributed by atoms with Crippen LogP contribution in [0.4, 0.5) is 34.6 Å². The lowest BCUT2D eigenvalue weighted by Crippen LogP contribution is -2.44. The predicted octanol–water partition coefficient (Wildman–Crippen LogP) is 3.73. The zero-order valence-electron chi connectivity index (χ0n) is 19.3. The van der Waals surface area contributed by atoms with E-state index in [2.05, 4.69) is 47.7 Å². The van der Waals surface area contributed by atoms with E-state index in [4.69, 9.17) is 16.3 Å². The van der Waals surface area contributed by atoms with Crippen molar-refractivity contribution in [1.82, 2.24) is 19.9 Å². The number of carbonyl (C=O) groups is 1. The molecular weight excluding hydrogens is 456 g/mol. The molecule has 0 radical (unpaired) electrons. The molecule has 0 bridgehead atoms. The molecule has 2 aromatic heterocycles. The van der Waals surface area contributed by atoms with Gasteiger partial charge in [0, 0.05) is 33.1 Å². The molecule has 1 aliphatic rings. The Morgan fingerprint density at radius 2 is 1.74 bits per heavy atom. The minimum atomic E-state index is -0.176. The highest BCUT2D eigenvalue weighted by molar-refractivity contribution is 6.33. The molecule has 1 aliphatic heterocycles. The van der Waals surface area contributed by atoms with Crippen molar-refractivity contribution in [3.05, 3.63) is 47.6 Å². The fourth-order valence-corrected chi connectivity index (χ4v) is 3.69. The minimum Gasteiger partial charge on any atom is -0.479 e. The fourth-order valence-electron chi connectivity index (χ4n) is 3.55. The Morgan fingerprint density at radius 1 is 1.00 bits per heavy atom. The van der Waals surface area contributed by atoms with Gasteiger partial charge in [-0.25, -0.2) is 4.98 Å². The number of nitrogens with one attached hydrogen (secondary N) is 3. The van der Waals surface area contributed by atoms with E-state index in [0.717, 1.165) is 32.0 Å². The Morgan fingerprint density at radius 3 is 2.44 bits per heavy atom. The van der Waals surface area contributed by atoms with Crippen LogP contribution in [0.3, 0.4) is 0 Å². The van der Waals surface area contributed by atoms with Crippen LogP contribution >= 0.6 is 11.6 Å². The van der Waals surface area contributed by atoms with Crippen molar-refractivity contribution in [3.8, 4) is 5.88 Å². The van der Waals surface area contributed by atoms with Crippen molar-refractivity contribution in [3.63, 3.8) is 0 Å². The average Bonchev–Trinajstić information content (AvgIpc) is 2.83. The van der Waals surface area contributed by atoms with Gasteiger partial charge in [-0.3, -0.25) is 4.79 Å². The number of piperazine rings is 1. The molecule has 1 amide bonds. The molecule has 3 N–H and O–H groups in total. The Labute approximate surface area is 203 Å². The Balaban J connectivity index is 1.54. The molecule has 11 heteroatoms. The van der Waals surface area contributed by atoms with E-state index in [-0.39, 0.29) is 5.91 Å². The van der Waals surface area contributed by atoms with Gasteiger partial charge in [0.15, 0.2) is 5.82 Å². The van der Waals surface area contributed by atoms with Gasteiger partial charge >= 0.3 is 0 Å². The van der Waals surface area contributed by atoms with Gasteiger partial charge in [-0.05, 0) is 31.3 Å². The first kappa shape index (κ1) is 23.5. The third-order valence-electron chi connectivity index (χ3n) is 5.35. The van der Waals surface area contributed by atoms with Crippen molar-refractivity contribution in [2.75, 3.05) is 61.2 Å². The van der Waals surface area contributed by atoms with E-state index < -0.39 is 0 Å². The highest BCUT2D eigenvalue weighted by Crippen LogP contribution is 2.31. The zero-order chi connectivity index (χ0) is 24.1. The van der Waals surface area contributed by atoms with Crippen LogP contribution < -0.4 is 25.6 Å². The number of carbonyl (C=O) groups excluding carboxylic acids is 1. The van der Waals surface area contributed by atoms with Crippen LogP contribution in [0.2, 0.25) is 5.02 Å². The first-order chi connectivity index (χ1) is 16.4. The third kappa shape index (κ3) is 5.64. The van der Waals surface area contributed by atoms with Gasteiger partial charge < -0.3 is 30.5 Å². The molecule has 10 nitrogen and oxygen atoms in total. The first-order valence-corrected chi connectivity index (χ1v) is 11.2. The van der Waals surface area contributed by atoms with Crippen molar-refractivity contribution in [2.45, 2.75) is 6.92 Å². The summed E-state index contributed by atoms with van der Waals surface area (Å²) in [6.45, 7) is 5.25. The number of ether oxygens (including phenoxy) is 1. The normalized spacial score (nSPS) is 13.9. The average molecular weight is 483 g/mol. The molecule has 178 valence electrons. The summed E-state index contributed by atoms with van der Waals surface area (Å²) in [5.41, 5.74) is 1.90. The summed E-state index contributed by atoms with van der Waals surface area (Å²) in [5, 5.41) is 9.43. The van der Waals surface area contributed by atoms with Gasteiger partial charge in [0.1, 0.15) is 16.5 Å². The third-order valence-corrected chi connectivity index (χ3v) is 5.62. The van der Waals surface area contributed by atoms with Crippen LogP contribution in [0, 0.1) is 0 Å². The number of amides is 1. The fraction of sp³-hybridized carbons (Fsp3) is 0.304. The summed E-state index contributed by atoms with van der Waals surface area (Å²) in [6.07, 6.45) is 1.50. The number of para-hydroxylation sites is 2. The lowest BCUT2D eigenvalue weighted by molar-refractivity contribution is -0.114. The molecule has 0 saturated carbocycles. The Kier molecular flexibility index (Phi) is 7.29. The maximum Gasteiger partial charge on any atom is 0.239 e. The highest BCUT2D eigenvalue weighted by atomic mass is 35.5. The van der Waals surface area contributed by atoms with Gasteiger partial charge in [0.25, 0.3) is 0 Å². The maximum absolute atomic E-state index is 11.5. The largest absolute Gasteiger partial charge is 0.479 e. The maximum atomic E-state index is 11.5. The summed E-state index contributed by atoms with van der Waals surface area (Å²) < 4.78 is 5.52. The molecule has 3 heterocycles. The summed E-state index contributed by atoms with van der Waals surface area (Å²) in [7, 11) is 3.70. The van der Waals surface area contributed by atoms with Gasteiger partial charge in [0.2, 0.25) is 17.7 Å². The first-order valence-electron chi connectivity index (χ1n) is 10.8. The number of halogens is 1. The molecular formula is C23H27ClN8O2. The number of likely N-dealkylation sites (N-methyl/N-ethyl adjacent to an activating group) is 1. The number of hydrogen-bond acceptors (Lipinski definition) is 9. The van der Waals surface area contributed by atoms with Crippen molar-refractivity contribution in [1.29, 1.82) is 0 Å². The number of methoxy groups -OCH3 is 1. The summed E-state index contributed by atoms with van der Waals surface area (Å²) in [5.74, 6) is 1.84. The predicted molar refractivity (Wildman–Crippen MR) is 135 cm³/mol. The molecule has 3 aromatic rings. The molecule has 0 atom stereocenters. The number of anilines is 6. The molecule has 0 unspecified atom stereocenters. The second kappa shape index (κ2) is 10.5. The molecule has 4 rings (SSSR count). The van der Waals surface area contributed by atoms with E-state index in [1.807, 2.05) is 30.3 Å². The quantitative estimate of drug-likeness (QED) is 0.464. The minimum absolute atomic E-state index is 0.176. The van der Waals surface area contributed by atoms with E-state index >= 15 is 0 Å². The number of hydrogen-bond donors (Lipinski definition) is 3. The summed E-state index contributed by atoms with van der Waals surface area (Å²) in [4.78, 5) is 29.5. The van der Waals surface area contributed by atoms with Gasteiger partial charge in [-0.2, -0.15) is 9.97 Å². The standard InChI is InChI=1S/C23H27ClN8O2/c1-15(33)26-17-6-4-5-7-18(17)27-21-16(24)14-25-23(30-21)28-19-8-9-20(29-22(19)34-3)32-12-10-31(2)11-13-32/h4-9,14H,10-13H2,1-3H3,(H,26,33)(H2,25,27,28,30). The monoisotopic (exact) mass is 482 g/mol. The van der Waals surface area contributed by atoms with Crippen molar-refractivity contribution < 1.29 is 9.53 Å². The molecule has 1 saturated heterocycles. The number of pyridine rings is 1. The lowest BCUT2D eigenvalue weighted by Gasteiger charge is -2.33. The number of aromatic nitrogens is 3. The molecule has 34 heavy (non-hydrogen) atoms. The second-order valence-electron chi connectivity index (χ2n) is 7.88. The number of nitrogens with zero attached hydrogens (tertiary/aromatic N) is 5. The van der Waals surface area contributed by atoms with Crippen LogP contribution in [0.5, 0.6) is 5.88 Å². The van der Waals surface area contributed by atoms with Crippen LogP contribution in [-0.2, 0) is 4.79 Å². The Hall–Kier alpha value is -3.63. The summed E-state index contributed by atoms with van der Waals surface area (Å²) in [6, 6.07) is 11.1. The van der Waals surface area contributed by atoms with E-state index in [1.165, 1.54) is 13.1 Å². The Bertz CT molecular complexity index is 1170. The van der Waals surface area contributed by atoms with Crippen LogP contribution in [0.15, 0.2) is 42.6 Å². The zero-order valence-corrected chi connectivity index (χ0v) is 20.1. The SMILES string of the molecule is COc1nc(N2CCN(C)CC2)ccc1Nc1ncc(Cl)c(Nc2ccccc2NC(C)=O)n1. The van der Waals surface area contributed by atoms with Crippen molar-refractivity contribution >= 4 is 52.2 Å². The molecule has 0 spiro atoms. The van der Waals surface area contributed by atoms with Crippen LogP contribution in [0.1, 0.15) is 6.92 Å². The number of benzene rings is 1. The smallest absolute Gasteiger partial charge is 0.239 e. The number of rotatable bonds is 7. The van der Waals surface area contributed by atoms with E-state index in [9.17, 15) is 4.79 Å². The van der Waals surface area contributed by atoms with E-state index in [1.54, 1.807) is 13.2 Å². The molecule has 0 aliphatic carbocycles. The van der Waals surface area contributed by atoms with E-state index in [0.29, 0.717) is 39.7 Å². The lowest BCUT2D eigenvalue weighted by atomic mass is 10.2. The van der Waals surface area contributed by atoms with Gasteiger partial charge in [-0.15, -0.1) is 0 Å². The summed E-state index contributed by atoms with van der Waals surface area (Å²) >= 11 is 6.33. The molecule has 1 fully saturated rings. The van der Waals surface area contributed by atoms with Gasteiger partial charge in [-0.1, -0.05) is 23.7 Å². The van der Waals surface area contributed by atoms with Gasteiger partial charge in [0.05, 0.1) is 24.7 Å².